The summed E-state index contributed by atoms with van der Waals surface area (Å²) in [5.41, 5.74) is 1.47. The van der Waals surface area contributed by atoms with Gasteiger partial charge < -0.3 is 14.6 Å². The van der Waals surface area contributed by atoms with E-state index >= 15 is 0 Å². The van der Waals surface area contributed by atoms with Crippen LogP contribution in [0.25, 0.3) is 0 Å². The van der Waals surface area contributed by atoms with Gasteiger partial charge in [0, 0.05) is 45.5 Å². The number of nitriles is 1. The zero-order chi connectivity index (χ0) is 26.2. The van der Waals surface area contributed by atoms with Crippen LogP contribution < -0.4 is 0 Å². The summed E-state index contributed by atoms with van der Waals surface area (Å²) in [5, 5.41) is 20.8. The molecule has 188 valence electrons. The minimum absolute atomic E-state index is 0.0126. The van der Waals surface area contributed by atoms with Crippen LogP contribution in [-0.4, -0.2) is 96.1 Å². The fourth-order valence-electron chi connectivity index (χ4n) is 6.79. The molecule has 2 aliphatic carbocycles. The van der Waals surface area contributed by atoms with Gasteiger partial charge in [-0.15, -0.1) is 0 Å². The van der Waals surface area contributed by atoms with Crippen LogP contribution in [0.3, 0.4) is 0 Å². The van der Waals surface area contributed by atoms with Crippen LogP contribution in [-0.2, 0) is 28.7 Å². The van der Waals surface area contributed by atoms with Crippen molar-refractivity contribution in [2.45, 2.75) is 56.9 Å². The summed E-state index contributed by atoms with van der Waals surface area (Å²) >= 11 is 0. The summed E-state index contributed by atoms with van der Waals surface area (Å²) in [6.07, 6.45) is 0.246. The largest absolute Gasteiger partial charge is 0.492 e. The number of ether oxygens (including phenoxy) is 2. The summed E-state index contributed by atoms with van der Waals surface area (Å²) in [6.45, 7) is 2.57. The molecule has 3 aliphatic heterocycles. The van der Waals surface area contributed by atoms with E-state index in [2.05, 4.69) is 6.07 Å². The predicted molar refractivity (Wildman–Crippen MR) is 124 cm³/mol. The highest BCUT2D eigenvalue weighted by Gasteiger charge is 2.59. The van der Waals surface area contributed by atoms with Crippen LogP contribution in [0.4, 0.5) is 0 Å². The van der Waals surface area contributed by atoms with E-state index in [0.717, 1.165) is 0 Å². The van der Waals surface area contributed by atoms with E-state index in [0.29, 0.717) is 11.1 Å². The number of carbonyl (C=O) groups is 4. The Balaban J connectivity index is 1.72. The summed E-state index contributed by atoms with van der Waals surface area (Å²) in [5.74, 6) is -1.59. The minimum atomic E-state index is -0.937. The Bertz CT molecular complexity index is 1310. The van der Waals surface area contributed by atoms with Gasteiger partial charge in [0.1, 0.15) is 6.04 Å². The van der Waals surface area contributed by atoms with Gasteiger partial charge in [0.25, 0.3) is 0 Å². The van der Waals surface area contributed by atoms with Gasteiger partial charge in [-0.1, -0.05) is 0 Å². The smallest absolute Gasteiger partial charge is 0.226 e. The fraction of sp³-hybridized carbons (Fsp3) is 0.500. The Kier molecular flexibility index (Phi) is 5.63. The third-order valence-electron chi connectivity index (χ3n) is 8.39. The van der Waals surface area contributed by atoms with E-state index in [1.807, 2.05) is 4.90 Å². The van der Waals surface area contributed by atoms with Crippen molar-refractivity contribution in [3.05, 3.63) is 45.0 Å². The van der Waals surface area contributed by atoms with Crippen molar-refractivity contribution < 1.29 is 33.8 Å². The molecule has 5 atom stereocenters. The van der Waals surface area contributed by atoms with Crippen LogP contribution in [0.2, 0.25) is 0 Å². The number of Topliss-reactive ketones (excluding diaryl/α,β-unsaturated/α-hetero) is 4. The molecule has 0 amide bonds. The number of ketones is 4. The maximum Gasteiger partial charge on any atom is 0.226 e. The number of rotatable bonds is 3. The first-order valence-corrected chi connectivity index (χ1v) is 11.8. The van der Waals surface area contributed by atoms with Crippen molar-refractivity contribution in [1.82, 2.24) is 9.80 Å². The van der Waals surface area contributed by atoms with Gasteiger partial charge in [0.15, 0.2) is 23.1 Å². The highest BCUT2D eigenvalue weighted by molar-refractivity contribution is 6.26. The van der Waals surface area contributed by atoms with Crippen molar-refractivity contribution in [3.63, 3.8) is 0 Å². The number of piperazine rings is 1. The van der Waals surface area contributed by atoms with Crippen molar-refractivity contribution in [3.8, 4) is 6.07 Å². The zero-order valence-electron chi connectivity index (χ0n) is 20.7. The molecule has 36 heavy (non-hydrogen) atoms. The lowest BCUT2D eigenvalue weighted by molar-refractivity contribution is -0.126. The highest BCUT2D eigenvalue weighted by Crippen LogP contribution is 2.48. The average Bonchev–Trinajstić information content (AvgIpc) is 2.86. The van der Waals surface area contributed by atoms with E-state index in [1.165, 1.54) is 21.1 Å². The summed E-state index contributed by atoms with van der Waals surface area (Å²) in [7, 11) is 4.46. The molecule has 1 saturated heterocycles. The summed E-state index contributed by atoms with van der Waals surface area (Å²) < 4.78 is 10.5. The van der Waals surface area contributed by atoms with E-state index in [9.17, 15) is 29.5 Å². The molecule has 5 rings (SSSR count). The Morgan fingerprint density at radius 1 is 0.889 bits per heavy atom. The quantitative estimate of drug-likeness (QED) is 0.540. The molecule has 1 N–H and O–H groups in total. The van der Waals surface area contributed by atoms with Gasteiger partial charge in [-0.05, 0) is 33.7 Å². The second-order valence-corrected chi connectivity index (χ2v) is 9.79. The van der Waals surface area contributed by atoms with Gasteiger partial charge in [0.2, 0.25) is 11.6 Å². The molecular formula is C26H27N3O7. The molecule has 0 aromatic heterocycles. The number of allylic oxidation sites excluding steroid dienone is 4. The van der Waals surface area contributed by atoms with Gasteiger partial charge >= 0.3 is 0 Å². The van der Waals surface area contributed by atoms with E-state index in [4.69, 9.17) is 9.47 Å². The molecular weight excluding hydrogens is 466 g/mol. The molecule has 0 aromatic carbocycles. The lowest BCUT2D eigenvalue weighted by atomic mass is 9.67. The molecule has 1 fully saturated rings. The second-order valence-electron chi connectivity index (χ2n) is 9.79. The van der Waals surface area contributed by atoms with Crippen LogP contribution in [0.1, 0.15) is 26.7 Å². The number of nitrogens with zero attached hydrogens (tertiary/aromatic N) is 3. The predicted octanol–water partition coefficient (Wildman–Crippen LogP) is 0.138. The molecule has 0 radical (unpaired) electrons. The molecule has 10 nitrogen and oxygen atoms in total. The molecule has 5 aliphatic rings. The molecule has 0 saturated carbocycles. The highest BCUT2D eigenvalue weighted by atomic mass is 16.5. The zero-order valence-corrected chi connectivity index (χ0v) is 20.7. The number of likely N-dealkylation sites (N-methyl/N-ethyl adjacent to an activating group) is 1. The van der Waals surface area contributed by atoms with Gasteiger partial charge in [-0.25, -0.2) is 0 Å². The van der Waals surface area contributed by atoms with Crippen LogP contribution in [0.5, 0.6) is 0 Å². The maximum absolute atomic E-state index is 13.6. The number of methoxy groups -OCH3 is 2. The Labute approximate surface area is 208 Å². The van der Waals surface area contributed by atoms with E-state index in [-0.39, 0.29) is 64.0 Å². The monoisotopic (exact) mass is 493 g/mol. The lowest BCUT2D eigenvalue weighted by Gasteiger charge is -2.60. The average molecular weight is 494 g/mol. The SMILES string of the molecule is COC1=C(C)C(=O)C2=C(C1=O)[C@@H]1[C@H]3CC4=C(C(=O)C(OC)=C(C)C4=O)[C@H](CO)N3[C@@H](C#N)[C@H](C2)N1C. The summed E-state index contributed by atoms with van der Waals surface area (Å²) in [6, 6.07) is -1.14. The van der Waals surface area contributed by atoms with Crippen molar-refractivity contribution in [2.24, 2.45) is 0 Å². The molecule has 0 spiro atoms. The van der Waals surface area contributed by atoms with Crippen molar-refractivity contribution >= 4 is 23.1 Å². The molecule has 3 heterocycles. The third kappa shape index (κ3) is 2.88. The van der Waals surface area contributed by atoms with Crippen molar-refractivity contribution in [2.75, 3.05) is 27.9 Å². The molecule has 10 heteroatoms. The number of aliphatic hydroxyl groups excluding tert-OH is 1. The maximum atomic E-state index is 13.6. The standard InChI is InChI=1S/C26H27N3O7/c1-10-21(31)12-7-15-20-19-13(22(32)11(2)26(36-5)24(19)34)6-14(28(20)3)16(8-27)29(15)17(9-30)18(12)23(33)25(10)35-4/h14-17,20,30H,6-7,9H2,1-5H3/t14-,15+,16-,17-,20-/m0/s1. The first kappa shape index (κ1) is 24.3. The normalized spacial score (nSPS) is 33.0. The molecule has 0 unspecified atom stereocenters. The molecule has 2 bridgehead atoms. The van der Waals surface area contributed by atoms with Crippen LogP contribution >= 0.6 is 0 Å². The van der Waals surface area contributed by atoms with Crippen LogP contribution in [0.15, 0.2) is 45.0 Å². The van der Waals surface area contributed by atoms with E-state index in [1.54, 1.807) is 18.9 Å². The third-order valence-corrected chi connectivity index (χ3v) is 8.39. The first-order valence-electron chi connectivity index (χ1n) is 11.8. The number of fused-ring (bicyclic) bond motifs is 5. The van der Waals surface area contributed by atoms with Gasteiger partial charge in [0.05, 0.1) is 39.0 Å². The number of aliphatic hydroxyl groups is 1. The fourth-order valence-corrected chi connectivity index (χ4v) is 6.79. The Hall–Kier alpha value is -3.39. The lowest BCUT2D eigenvalue weighted by Crippen LogP contribution is -2.74. The van der Waals surface area contributed by atoms with Gasteiger partial charge in [-0.2, -0.15) is 5.26 Å². The van der Waals surface area contributed by atoms with Crippen LogP contribution in [0, 0.1) is 11.3 Å². The number of hydrogen-bond acceptors (Lipinski definition) is 10. The topological polar surface area (TPSA) is 137 Å². The second kappa shape index (κ2) is 8.34. The molecule has 0 aromatic rings. The van der Waals surface area contributed by atoms with Gasteiger partial charge in [-0.3, -0.25) is 29.0 Å². The Morgan fingerprint density at radius 3 is 1.89 bits per heavy atom. The van der Waals surface area contributed by atoms with E-state index < -0.39 is 42.6 Å². The first-order chi connectivity index (χ1) is 17.1. The summed E-state index contributed by atoms with van der Waals surface area (Å²) in [4.78, 5) is 57.3. The number of carbonyl (C=O) groups excluding carboxylic acids is 4. The van der Waals surface area contributed by atoms with Crippen molar-refractivity contribution in [1.29, 1.82) is 5.26 Å². The minimum Gasteiger partial charge on any atom is -0.492 e. The number of hydrogen-bond donors (Lipinski definition) is 1. The Morgan fingerprint density at radius 2 is 1.39 bits per heavy atom.